The van der Waals surface area contributed by atoms with Crippen molar-refractivity contribution in [3.63, 3.8) is 0 Å². The lowest BCUT2D eigenvalue weighted by Gasteiger charge is -2.02. The summed E-state index contributed by atoms with van der Waals surface area (Å²) in [7, 11) is 2.90. The number of ether oxygens (including phenoxy) is 2. The second-order valence-corrected chi connectivity index (χ2v) is 4.26. The van der Waals surface area contributed by atoms with E-state index in [1.54, 1.807) is 25.4 Å². The summed E-state index contributed by atoms with van der Waals surface area (Å²) < 4.78 is 15.6. The molecular formula is C15H12N2O4. The lowest BCUT2D eigenvalue weighted by Crippen LogP contribution is -1.93. The molecule has 21 heavy (non-hydrogen) atoms. The van der Waals surface area contributed by atoms with Gasteiger partial charge >= 0.3 is 5.97 Å². The third-order valence-corrected chi connectivity index (χ3v) is 3.10. The normalized spacial score (nSPS) is 11.3. The Morgan fingerprint density at radius 3 is 2.95 bits per heavy atom. The van der Waals surface area contributed by atoms with Gasteiger partial charge in [0.25, 0.3) is 0 Å². The number of methoxy groups -OCH3 is 2. The van der Waals surface area contributed by atoms with Crippen LogP contribution in [-0.2, 0) is 9.53 Å². The standard InChI is InChI=1S/C15H12N2O4/c1-19-10-5-3-9(4-6-12(18)20-2)13-14-11(21-15(10)13)7-16-8-17-14/h3-8H,1-2H3. The first-order valence-electron chi connectivity index (χ1n) is 6.20. The summed E-state index contributed by atoms with van der Waals surface area (Å²) in [5.41, 5.74) is 2.58. The number of hydrogen-bond donors (Lipinski definition) is 0. The fourth-order valence-electron chi connectivity index (χ4n) is 2.14. The van der Waals surface area contributed by atoms with Crippen molar-refractivity contribution >= 4 is 34.1 Å². The molecule has 1 aromatic carbocycles. The van der Waals surface area contributed by atoms with Gasteiger partial charge in [0.2, 0.25) is 0 Å². The lowest BCUT2D eigenvalue weighted by atomic mass is 10.1. The SMILES string of the molecule is COC(=O)C=Cc1ccc(OC)c2oc3cncnc3c12. The Hall–Kier alpha value is -2.89. The number of fused-ring (bicyclic) bond motifs is 3. The molecule has 0 aliphatic rings. The van der Waals surface area contributed by atoms with Crippen LogP contribution in [0.4, 0.5) is 0 Å². The van der Waals surface area contributed by atoms with Crippen molar-refractivity contribution in [1.82, 2.24) is 9.97 Å². The maximum absolute atomic E-state index is 11.3. The minimum Gasteiger partial charge on any atom is -0.493 e. The maximum Gasteiger partial charge on any atom is 0.330 e. The van der Waals surface area contributed by atoms with Gasteiger partial charge in [0.05, 0.1) is 25.8 Å². The summed E-state index contributed by atoms with van der Waals surface area (Å²) >= 11 is 0. The molecule has 0 spiro atoms. The molecule has 0 saturated heterocycles. The zero-order valence-electron chi connectivity index (χ0n) is 11.5. The van der Waals surface area contributed by atoms with Gasteiger partial charge in [-0.15, -0.1) is 0 Å². The molecule has 0 radical (unpaired) electrons. The van der Waals surface area contributed by atoms with Crippen LogP contribution < -0.4 is 4.74 Å². The van der Waals surface area contributed by atoms with Crippen molar-refractivity contribution in [1.29, 1.82) is 0 Å². The zero-order chi connectivity index (χ0) is 14.8. The van der Waals surface area contributed by atoms with E-state index in [1.807, 2.05) is 6.07 Å². The van der Waals surface area contributed by atoms with E-state index in [-0.39, 0.29) is 0 Å². The minimum absolute atomic E-state index is 0.429. The number of hydrogen-bond acceptors (Lipinski definition) is 6. The zero-order valence-corrected chi connectivity index (χ0v) is 11.5. The molecule has 2 aromatic heterocycles. The first kappa shape index (κ1) is 13.1. The minimum atomic E-state index is -0.429. The molecule has 106 valence electrons. The monoisotopic (exact) mass is 284 g/mol. The highest BCUT2D eigenvalue weighted by Gasteiger charge is 2.15. The molecule has 0 aliphatic heterocycles. The summed E-state index contributed by atoms with van der Waals surface area (Å²) in [4.78, 5) is 19.4. The van der Waals surface area contributed by atoms with Crippen LogP contribution in [0.5, 0.6) is 5.75 Å². The Morgan fingerprint density at radius 2 is 2.19 bits per heavy atom. The van der Waals surface area contributed by atoms with Gasteiger partial charge < -0.3 is 13.9 Å². The number of furan rings is 1. The first-order valence-corrected chi connectivity index (χ1v) is 6.20. The summed E-state index contributed by atoms with van der Waals surface area (Å²) in [6, 6.07) is 3.60. The Balaban J connectivity index is 2.30. The van der Waals surface area contributed by atoms with E-state index >= 15 is 0 Å². The van der Waals surface area contributed by atoms with E-state index in [2.05, 4.69) is 14.7 Å². The number of aromatic nitrogens is 2. The van der Waals surface area contributed by atoms with Crippen molar-refractivity contribution < 1.29 is 18.7 Å². The number of carbonyl (C=O) groups excluding carboxylic acids is 1. The fraction of sp³-hybridized carbons (Fsp3) is 0.133. The van der Waals surface area contributed by atoms with Crippen LogP contribution in [0, 0.1) is 0 Å². The third-order valence-electron chi connectivity index (χ3n) is 3.10. The molecule has 0 aliphatic carbocycles. The van der Waals surface area contributed by atoms with Crippen LogP contribution in [0.3, 0.4) is 0 Å². The number of nitrogens with zero attached hydrogens (tertiary/aromatic N) is 2. The maximum atomic E-state index is 11.3. The highest BCUT2D eigenvalue weighted by Crippen LogP contribution is 2.36. The van der Waals surface area contributed by atoms with Crippen LogP contribution in [0.2, 0.25) is 0 Å². The molecule has 3 rings (SSSR count). The summed E-state index contributed by atoms with van der Waals surface area (Å²) in [5.74, 6) is 0.166. The molecule has 2 heterocycles. The topological polar surface area (TPSA) is 74.5 Å². The van der Waals surface area contributed by atoms with Crippen LogP contribution in [-0.4, -0.2) is 30.2 Å². The molecule has 0 unspecified atom stereocenters. The van der Waals surface area contributed by atoms with E-state index in [0.717, 1.165) is 10.9 Å². The number of carbonyl (C=O) groups is 1. The molecular weight excluding hydrogens is 272 g/mol. The predicted octanol–water partition coefficient (Wildman–Crippen LogP) is 2.57. The lowest BCUT2D eigenvalue weighted by molar-refractivity contribution is -0.134. The Morgan fingerprint density at radius 1 is 1.33 bits per heavy atom. The second kappa shape index (κ2) is 5.24. The molecule has 6 nitrogen and oxygen atoms in total. The number of rotatable bonds is 3. The van der Waals surface area contributed by atoms with Crippen LogP contribution in [0.15, 0.2) is 35.2 Å². The van der Waals surface area contributed by atoms with E-state index in [4.69, 9.17) is 9.15 Å². The molecule has 3 aromatic rings. The van der Waals surface area contributed by atoms with Crippen LogP contribution >= 0.6 is 0 Å². The highest BCUT2D eigenvalue weighted by atomic mass is 16.5. The molecule has 0 fully saturated rings. The van der Waals surface area contributed by atoms with Crippen molar-refractivity contribution in [2.75, 3.05) is 14.2 Å². The van der Waals surface area contributed by atoms with Gasteiger partial charge in [-0.1, -0.05) is 6.07 Å². The van der Waals surface area contributed by atoms with Crippen molar-refractivity contribution in [3.8, 4) is 5.75 Å². The van der Waals surface area contributed by atoms with E-state index in [9.17, 15) is 4.79 Å². The summed E-state index contributed by atoms with van der Waals surface area (Å²) in [6.07, 6.45) is 6.05. The second-order valence-electron chi connectivity index (χ2n) is 4.26. The molecule has 0 saturated carbocycles. The fourth-order valence-corrected chi connectivity index (χ4v) is 2.14. The molecule has 6 heteroatoms. The average Bonchev–Trinajstić information content (AvgIpc) is 2.92. The van der Waals surface area contributed by atoms with Crippen LogP contribution in [0.1, 0.15) is 5.56 Å². The van der Waals surface area contributed by atoms with Gasteiger partial charge in [-0.3, -0.25) is 0 Å². The van der Waals surface area contributed by atoms with Gasteiger partial charge in [-0.05, 0) is 17.7 Å². The number of esters is 1. The van der Waals surface area contributed by atoms with E-state index < -0.39 is 5.97 Å². The van der Waals surface area contributed by atoms with Gasteiger partial charge in [-0.25, -0.2) is 14.8 Å². The Bertz CT molecular complexity index is 851. The van der Waals surface area contributed by atoms with E-state index in [1.165, 1.54) is 19.5 Å². The third kappa shape index (κ3) is 2.20. The largest absolute Gasteiger partial charge is 0.493 e. The predicted molar refractivity (Wildman–Crippen MR) is 76.9 cm³/mol. The smallest absolute Gasteiger partial charge is 0.330 e. The van der Waals surface area contributed by atoms with Gasteiger partial charge in [0, 0.05) is 6.08 Å². The Labute approximate surface area is 120 Å². The highest BCUT2D eigenvalue weighted by molar-refractivity contribution is 6.09. The molecule has 0 atom stereocenters. The van der Waals surface area contributed by atoms with Gasteiger partial charge in [-0.2, -0.15) is 0 Å². The first-order chi connectivity index (χ1) is 10.2. The summed E-state index contributed by atoms with van der Waals surface area (Å²) in [6.45, 7) is 0. The number of benzene rings is 1. The average molecular weight is 284 g/mol. The Kier molecular flexibility index (Phi) is 3.27. The van der Waals surface area contributed by atoms with Crippen molar-refractivity contribution in [2.45, 2.75) is 0 Å². The van der Waals surface area contributed by atoms with Gasteiger partial charge in [0.15, 0.2) is 16.9 Å². The van der Waals surface area contributed by atoms with Crippen molar-refractivity contribution in [2.24, 2.45) is 0 Å². The van der Waals surface area contributed by atoms with Crippen molar-refractivity contribution in [3.05, 3.63) is 36.3 Å². The molecule has 0 N–H and O–H groups in total. The molecule has 0 bridgehead atoms. The van der Waals surface area contributed by atoms with E-state index in [0.29, 0.717) is 22.4 Å². The summed E-state index contributed by atoms with van der Waals surface area (Å²) in [5, 5.41) is 0.770. The molecule has 0 amide bonds. The quantitative estimate of drug-likeness (QED) is 0.543. The van der Waals surface area contributed by atoms with Gasteiger partial charge in [0.1, 0.15) is 11.8 Å². The van der Waals surface area contributed by atoms with Crippen LogP contribution in [0.25, 0.3) is 28.1 Å².